The molecule has 9 rings (SSSR count). The van der Waals surface area contributed by atoms with Gasteiger partial charge in [0.2, 0.25) is 17.7 Å². The Morgan fingerprint density at radius 3 is 1.25 bits per heavy atom. The molecule has 0 bridgehead atoms. The number of aromatic nitrogens is 2. The Bertz CT molecular complexity index is 2280. The third-order valence-corrected chi connectivity index (χ3v) is 13.1. The Kier molecular flexibility index (Phi) is 7.61. The zero-order valence-corrected chi connectivity index (χ0v) is 36.1. The number of benzene rings is 4. The SMILES string of the molecule is CC(C)(C)c1cc2c(c3c1C(C)(C)CC3(C)C)Oc1nc(N(c3ccccc3)c3ccccc3)nc3c1B2c1cc(C(C)(C)C)c2c(c1O3)C(C)(C)CC2(C)C. The van der Waals surface area contributed by atoms with Crippen molar-refractivity contribution in [3.05, 3.63) is 106 Å². The quantitative estimate of drug-likeness (QED) is 0.169. The van der Waals surface area contributed by atoms with E-state index in [-0.39, 0.29) is 39.2 Å². The Balaban J connectivity index is 1.42. The maximum absolute atomic E-state index is 7.35. The first kappa shape index (κ1) is 37.0. The lowest BCUT2D eigenvalue weighted by atomic mass is 9.34. The number of anilines is 3. The van der Waals surface area contributed by atoms with E-state index in [0.717, 1.165) is 41.2 Å². The molecule has 5 aromatic rings. The smallest absolute Gasteiger partial charge is 0.265 e. The maximum Gasteiger partial charge on any atom is 0.265 e. The summed E-state index contributed by atoms with van der Waals surface area (Å²) >= 11 is 0. The van der Waals surface area contributed by atoms with Crippen LogP contribution in [-0.2, 0) is 32.5 Å². The van der Waals surface area contributed by atoms with Crippen LogP contribution in [0.15, 0.2) is 72.8 Å². The number of hydrogen-bond donors (Lipinski definition) is 0. The third-order valence-electron chi connectivity index (χ3n) is 13.1. The van der Waals surface area contributed by atoms with Gasteiger partial charge in [-0.3, -0.25) is 4.90 Å². The summed E-state index contributed by atoms with van der Waals surface area (Å²) in [6.45, 7) is 33.3. The molecule has 288 valence electrons. The fourth-order valence-corrected chi connectivity index (χ4v) is 11.6. The van der Waals surface area contributed by atoms with Crippen molar-refractivity contribution in [1.82, 2.24) is 9.97 Å². The van der Waals surface area contributed by atoms with Crippen molar-refractivity contribution in [3.8, 4) is 23.3 Å². The van der Waals surface area contributed by atoms with E-state index in [2.05, 4.69) is 162 Å². The highest BCUT2D eigenvalue weighted by Gasteiger charge is 2.54. The second kappa shape index (κ2) is 11.5. The number of nitrogens with zero attached hydrogens (tertiary/aromatic N) is 3. The molecule has 0 saturated heterocycles. The van der Waals surface area contributed by atoms with Gasteiger partial charge in [0.15, 0.2) is 0 Å². The summed E-state index contributed by atoms with van der Waals surface area (Å²) in [6.07, 6.45) is 2.08. The Labute approximate surface area is 335 Å². The minimum Gasteiger partial charge on any atom is -0.439 e. The number of rotatable bonds is 3. The summed E-state index contributed by atoms with van der Waals surface area (Å²) in [5, 5.41) is 0. The Morgan fingerprint density at radius 1 is 0.536 bits per heavy atom. The van der Waals surface area contributed by atoms with E-state index in [4.69, 9.17) is 19.4 Å². The van der Waals surface area contributed by atoms with E-state index < -0.39 is 0 Å². The first-order chi connectivity index (χ1) is 26.0. The van der Waals surface area contributed by atoms with Gasteiger partial charge in [-0.25, -0.2) is 0 Å². The normalized spacial score (nSPS) is 18.9. The van der Waals surface area contributed by atoms with Crippen LogP contribution in [0.2, 0.25) is 0 Å². The first-order valence-electron chi connectivity index (χ1n) is 20.6. The van der Waals surface area contributed by atoms with Crippen molar-refractivity contribution in [2.24, 2.45) is 0 Å². The molecular weight excluding hydrogens is 685 g/mol. The van der Waals surface area contributed by atoms with Crippen LogP contribution in [-0.4, -0.2) is 16.7 Å². The molecular formula is C50H58BN3O2. The Morgan fingerprint density at radius 2 is 0.893 bits per heavy atom. The van der Waals surface area contributed by atoms with Gasteiger partial charge in [0.1, 0.15) is 11.5 Å². The molecule has 0 atom stereocenters. The summed E-state index contributed by atoms with van der Waals surface area (Å²) in [6, 6.07) is 25.7. The van der Waals surface area contributed by atoms with Crippen LogP contribution in [0.4, 0.5) is 17.3 Å². The van der Waals surface area contributed by atoms with Crippen molar-refractivity contribution in [1.29, 1.82) is 0 Å². The summed E-state index contributed by atoms with van der Waals surface area (Å²) in [5.41, 5.74) is 13.1. The lowest BCUT2D eigenvalue weighted by Crippen LogP contribution is -2.59. The number of ether oxygens (including phenoxy) is 2. The van der Waals surface area contributed by atoms with Crippen LogP contribution >= 0.6 is 0 Å². The van der Waals surface area contributed by atoms with Crippen molar-refractivity contribution < 1.29 is 9.47 Å². The minimum atomic E-state index is -0.166. The lowest BCUT2D eigenvalue weighted by Gasteiger charge is -2.39. The van der Waals surface area contributed by atoms with E-state index in [1.807, 2.05) is 12.1 Å². The summed E-state index contributed by atoms with van der Waals surface area (Å²) in [7, 11) is 0. The van der Waals surface area contributed by atoms with Crippen LogP contribution in [0.5, 0.6) is 23.3 Å². The highest BCUT2D eigenvalue weighted by molar-refractivity contribution is 6.98. The minimum absolute atomic E-state index is 0.0249. The van der Waals surface area contributed by atoms with Gasteiger partial charge >= 0.3 is 0 Å². The molecule has 6 heteroatoms. The van der Waals surface area contributed by atoms with Crippen molar-refractivity contribution in [2.75, 3.05) is 4.90 Å². The molecule has 0 radical (unpaired) electrons. The van der Waals surface area contributed by atoms with Crippen molar-refractivity contribution in [2.45, 2.75) is 142 Å². The molecule has 0 amide bonds. The van der Waals surface area contributed by atoms with Gasteiger partial charge in [-0.2, -0.15) is 9.97 Å². The summed E-state index contributed by atoms with van der Waals surface area (Å²) in [4.78, 5) is 13.0. The van der Waals surface area contributed by atoms with E-state index >= 15 is 0 Å². The molecule has 0 fully saturated rings. The molecule has 1 aromatic heterocycles. The fourth-order valence-electron chi connectivity index (χ4n) is 11.6. The number of fused-ring (bicyclic) bond motifs is 8. The largest absolute Gasteiger partial charge is 0.439 e. The van der Waals surface area contributed by atoms with Gasteiger partial charge in [-0.1, -0.05) is 145 Å². The van der Waals surface area contributed by atoms with Crippen LogP contribution in [0.1, 0.15) is 143 Å². The summed E-state index contributed by atoms with van der Waals surface area (Å²) < 4.78 is 14.7. The van der Waals surface area contributed by atoms with Crippen LogP contribution in [0.3, 0.4) is 0 Å². The van der Waals surface area contributed by atoms with Gasteiger partial charge in [-0.15, -0.1) is 0 Å². The van der Waals surface area contributed by atoms with Crippen LogP contribution in [0.25, 0.3) is 0 Å². The molecule has 0 unspecified atom stereocenters. The molecule has 3 heterocycles. The van der Waals surface area contributed by atoms with Gasteiger partial charge in [-0.05, 0) is 103 Å². The molecule has 2 aliphatic carbocycles. The maximum atomic E-state index is 7.35. The summed E-state index contributed by atoms with van der Waals surface area (Å²) in [5.74, 6) is 3.61. The molecule has 56 heavy (non-hydrogen) atoms. The molecule has 0 spiro atoms. The average molecular weight is 744 g/mol. The van der Waals surface area contributed by atoms with Crippen molar-refractivity contribution in [3.63, 3.8) is 0 Å². The first-order valence-corrected chi connectivity index (χ1v) is 20.6. The average Bonchev–Trinajstić information content (AvgIpc) is 3.42. The van der Waals surface area contributed by atoms with E-state index in [1.54, 1.807) is 0 Å². The van der Waals surface area contributed by atoms with Crippen LogP contribution in [0, 0.1) is 0 Å². The number of hydrogen-bond acceptors (Lipinski definition) is 5. The van der Waals surface area contributed by atoms with Gasteiger partial charge in [0.05, 0.1) is 5.46 Å². The van der Waals surface area contributed by atoms with Crippen molar-refractivity contribution >= 4 is 40.4 Å². The standard InChI is InChI=1S/C50H58BN3O2/c1-45(2,3)31-25-33-40(37-35(31)47(7,8)27-49(37,11)12)55-42-39-43(53-44(52-42)54(29-21-17-15-18-22-29)30-23-19-16-20-24-30)56-41-34(51(33)39)26-32(46(4,5)6)36-38(41)50(13,14)28-48(36,9)10/h15-26H,27-28H2,1-14H3. The van der Waals surface area contributed by atoms with E-state index in [1.165, 1.54) is 44.3 Å². The van der Waals surface area contributed by atoms with E-state index in [9.17, 15) is 0 Å². The highest BCUT2D eigenvalue weighted by atomic mass is 16.5. The second-order valence-electron chi connectivity index (χ2n) is 21.8. The lowest BCUT2D eigenvalue weighted by molar-refractivity contribution is 0.386. The predicted molar refractivity (Wildman–Crippen MR) is 233 cm³/mol. The molecule has 4 aliphatic rings. The van der Waals surface area contributed by atoms with E-state index in [0.29, 0.717) is 17.7 Å². The Hall–Kier alpha value is -4.58. The predicted octanol–water partition coefficient (Wildman–Crippen LogP) is 11.2. The van der Waals surface area contributed by atoms with Crippen LogP contribution < -0.4 is 30.8 Å². The van der Waals surface area contributed by atoms with Gasteiger partial charge < -0.3 is 9.47 Å². The topological polar surface area (TPSA) is 47.5 Å². The zero-order chi connectivity index (χ0) is 40.1. The molecule has 0 N–H and O–H groups in total. The zero-order valence-electron chi connectivity index (χ0n) is 36.1. The molecule has 4 aromatic carbocycles. The fraction of sp³-hybridized carbons (Fsp3) is 0.440. The molecule has 5 nitrogen and oxygen atoms in total. The second-order valence-corrected chi connectivity index (χ2v) is 21.8. The van der Waals surface area contributed by atoms with Gasteiger partial charge in [0, 0.05) is 22.5 Å². The third kappa shape index (κ3) is 5.33. The monoisotopic (exact) mass is 743 g/mol. The number of para-hydroxylation sites is 2. The molecule has 0 saturated carbocycles. The molecule has 2 aliphatic heterocycles. The van der Waals surface area contributed by atoms with Gasteiger partial charge in [0.25, 0.3) is 6.71 Å². The highest BCUT2D eigenvalue weighted by Crippen LogP contribution is 2.59.